The monoisotopic (exact) mass is 270 g/mol. The maximum Gasteiger partial charge on any atom is 0.240 e. The lowest BCUT2D eigenvalue weighted by Crippen LogP contribution is -2.62. The summed E-state index contributed by atoms with van der Waals surface area (Å²) in [7, 11) is 0. The second-order valence-electron chi connectivity index (χ2n) is 6.15. The van der Waals surface area contributed by atoms with E-state index in [-0.39, 0.29) is 11.9 Å². The second-order valence-corrected chi connectivity index (χ2v) is 6.15. The minimum Gasteiger partial charge on any atom is -0.381 e. The van der Waals surface area contributed by atoms with Gasteiger partial charge in [0.2, 0.25) is 5.91 Å². The molecule has 1 aliphatic carbocycles. The van der Waals surface area contributed by atoms with Gasteiger partial charge in [-0.3, -0.25) is 10.1 Å². The van der Waals surface area contributed by atoms with Gasteiger partial charge in [-0.2, -0.15) is 0 Å². The Morgan fingerprint density at radius 1 is 1.47 bits per heavy atom. The minimum atomic E-state index is -0.687. The summed E-state index contributed by atoms with van der Waals surface area (Å²) in [6, 6.07) is 0.214. The molecule has 0 aromatic rings. The fourth-order valence-corrected chi connectivity index (χ4v) is 2.81. The first-order valence-electron chi connectivity index (χ1n) is 7.27. The average molecular weight is 270 g/mol. The SMILES string of the molecule is CC(C)NC(COCC1CCOC1)(C(N)=O)C1CC1. The van der Waals surface area contributed by atoms with Gasteiger partial charge < -0.3 is 15.2 Å². The van der Waals surface area contributed by atoms with Crippen LogP contribution in [0.3, 0.4) is 0 Å². The van der Waals surface area contributed by atoms with Gasteiger partial charge in [-0.1, -0.05) is 0 Å². The van der Waals surface area contributed by atoms with E-state index in [4.69, 9.17) is 15.2 Å². The summed E-state index contributed by atoms with van der Waals surface area (Å²) >= 11 is 0. The van der Waals surface area contributed by atoms with Gasteiger partial charge in [-0.15, -0.1) is 0 Å². The largest absolute Gasteiger partial charge is 0.381 e. The van der Waals surface area contributed by atoms with Crippen molar-refractivity contribution in [2.45, 2.75) is 44.7 Å². The quantitative estimate of drug-likeness (QED) is 0.680. The van der Waals surface area contributed by atoms with Gasteiger partial charge in [0.15, 0.2) is 0 Å². The Morgan fingerprint density at radius 3 is 2.68 bits per heavy atom. The summed E-state index contributed by atoms with van der Waals surface area (Å²) in [6.45, 7) is 6.69. The topological polar surface area (TPSA) is 73.6 Å². The normalized spacial score (nSPS) is 26.6. The molecule has 1 saturated heterocycles. The van der Waals surface area contributed by atoms with Gasteiger partial charge in [0.05, 0.1) is 19.8 Å². The first-order chi connectivity index (χ1) is 9.04. The number of amides is 1. The molecule has 0 aromatic carbocycles. The number of carbonyl (C=O) groups is 1. The van der Waals surface area contributed by atoms with E-state index in [0.29, 0.717) is 25.0 Å². The Balaban J connectivity index is 1.90. The molecule has 0 spiro atoms. The Hall–Kier alpha value is -0.650. The first-order valence-corrected chi connectivity index (χ1v) is 7.27. The fraction of sp³-hybridized carbons (Fsp3) is 0.929. The highest BCUT2D eigenvalue weighted by Gasteiger charge is 2.50. The number of hydrogen-bond donors (Lipinski definition) is 2. The van der Waals surface area contributed by atoms with Crippen LogP contribution in [0.4, 0.5) is 0 Å². The van der Waals surface area contributed by atoms with Crippen LogP contribution in [0.5, 0.6) is 0 Å². The average Bonchev–Trinajstić information content (AvgIpc) is 3.06. The summed E-state index contributed by atoms with van der Waals surface area (Å²) in [4.78, 5) is 11.9. The third kappa shape index (κ3) is 3.68. The summed E-state index contributed by atoms with van der Waals surface area (Å²) in [5.74, 6) is 0.502. The summed E-state index contributed by atoms with van der Waals surface area (Å²) in [5.41, 5.74) is 4.96. The summed E-state index contributed by atoms with van der Waals surface area (Å²) < 4.78 is 11.1. The van der Waals surface area contributed by atoms with Crippen LogP contribution in [0, 0.1) is 11.8 Å². The molecule has 2 rings (SSSR count). The van der Waals surface area contributed by atoms with Crippen molar-refractivity contribution < 1.29 is 14.3 Å². The van der Waals surface area contributed by atoms with Crippen LogP contribution in [-0.2, 0) is 14.3 Å². The summed E-state index contributed by atoms with van der Waals surface area (Å²) in [6.07, 6.45) is 3.15. The number of nitrogens with two attached hydrogens (primary N) is 1. The zero-order valence-corrected chi connectivity index (χ0v) is 12.0. The predicted octanol–water partition coefficient (Wildman–Crippen LogP) is 0.672. The maximum absolute atomic E-state index is 11.9. The van der Waals surface area contributed by atoms with Gasteiger partial charge in [0.1, 0.15) is 5.54 Å². The number of rotatable bonds is 8. The van der Waals surface area contributed by atoms with Crippen molar-refractivity contribution >= 4 is 5.91 Å². The number of nitrogens with one attached hydrogen (secondary N) is 1. The molecule has 5 nitrogen and oxygen atoms in total. The molecule has 5 heteroatoms. The van der Waals surface area contributed by atoms with Crippen molar-refractivity contribution in [3.05, 3.63) is 0 Å². The van der Waals surface area contributed by atoms with Crippen molar-refractivity contribution in [2.75, 3.05) is 26.4 Å². The molecule has 19 heavy (non-hydrogen) atoms. The van der Waals surface area contributed by atoms with Crippen LogP contribution in [-0.4, -0.2) is 43.9 Å². The summed E-state index contributed by atoms with van der Waals surface area (Å²) in [5, 5.41) is 3.35. The molecule has 2 atom stereocenters. The van der Waals surface area contributed by atoms with Gasteiger partial charge in [0.25, 0.3) is 0 Å². The lowest BCUT2D eigenvalue weighted by molar-refractivity contribution is -0.129. The Morgan fingerprint density at radius 2 is 2.21 bits per heavy atom. The van der Waals surface area contributed by atoms with Gasteiger partial charge in [-0.25, -0.2) is 0 Å². The molecule has 1 aliphatic heterocycles. The van der Waals surface area contributed by atoms with Crippen LogP contribution in [0.2, 0.25) is 0 Å². The molecule has 1 heterocycles. The van der Waals surface area contributed by atoms with Crippen molar-refractivity contribution in [3.63, 3.8) is 0 Å². The van der Waals surface area contributed by atoms with Gasteiger partial charge >= 0.3 is 0 Å². The molecule has 2 fully saturated rings. The van der Waals surface area contributed by atoms with E-state index < -0.39 is 5.54 Å². The predicted molar refractivity (Wildman–Crippen MR) is 72.7 cm³/mol. The smallest absolute Gasteiger partial charge is 0.240 e. The van der Waals surface area contributed by atoms with Crippen molar-refractivity contribution in [1.82, 2.24) is 5.32 Å². The second kappa shape index (κ2) is 6.20. The molecule has 2 unspecified atom stereocenters. The first kappa shape index (κ1) is 14.8. The number of carbonyl (C=O) groups excluding carboxylic acids is 1. The number of primary amides is 1. The molecule has 0 aromatic heterocycles. The molecule has 2 aliphatic rings. The highest BCUT2D eigenvalue weighted by Crippen LogP contribution is 2.40. The molecule has 1 saturated carbocycles. The maximum atomic E-state index is 11.9. The fourth-order valence-electron chi connectivity index (χ4n) is 2.81. The lowest BCUT2D eigenvalue weighted by atomic mass is 9.92. The highest BCUT2D eigenvalue weighted by atomic mass is 16.5. The Labute approximate surface area is 115 Å². The van der Waals surface area contributed by atoms with E-state index in [1.54, 1.807) is 0 Å². The molecule has 0 bridgehead atoms. The highest BCUT2D eigenvalue weighted by molar-refractivity contribution is 5.85. The van der Waals surface area contributed by atoms with Gasteiger partial charge in [-0.05, 0) is 39.0 Å². The van der Waals surface area contributed by atoms with Crippen molar-refractivity contribution in [1.29, 1.82) is 0 Å². The third-order valence-electron chi connectivity index (χ3n) is 3.97. The Kier molecular flexibility index (Phi) is 4.81. The molecular formula is C14H26N2O3. The van der Waals surface area contributed by atoms with E-state index in [1.807, 2.05) is 13.8 Å². The van der Waals surface area contributed by atoms with E-state index in [2.05, 4.69) is 5.32 Å². The third-order valence-corrected chi connectivity index (χ3v) is 3.97. The van der Waals surface area contributed by atoms with E-state index in [0.717, 1.165) is 32.5 Å². The van der Waals surface area contributed by atoms with E-state index >= 15 is 0 Å². The lowest BCUT2D eigenvalue weighted by Gasteiger charge is -2.34. The van der Waals surface area contributed by atoms with Crippen LogP contribution in [0.25, 0.3) is 0 Å². The molecule has 1 amide bonds. The van der Waals surface area contributed by atoms with Crippen LogP contribution in [0.1, 0.15) is 33.1 Å². The molecule has 3 N–H and O–H groups in total. The van der Waals surface area contributed by atoms with Crippen LogP contribution in [0.15, 0.2) is 0 Å². The van der Waals surface area contributed by atoms with Gasteiger partial charge in [0, 0.05) is 18.6 Å². The molecule has 0 radical (unpaired) electrons. The van der Waals surface area contributed by atoms with Crippen LogP contribution < -0.4 is 11.1 Å². The molecule has 110 valence electrons. The molecular weight excluding hydrogens is 244 g/mol. The minimum absolute atomic E-state index is 0.214. The number of ether oxygens (including phenoxy) is 2. The van der Waals surface area contributed by atoms with E-state index in [1.165, 1.54) is 0 Å². The van der Waals surface area contributed by atoms with E-state index in [9.17, 15) is 4.79 Å². The standard InChI is InChI=1S/C14H26N2O3/c1-10(2)16-14(13(15)17,12-3-4-12)9-19-8-11-5-6-18-7-11/h10-12,16H,3-9H2,1-2H3,(H2,15,17). The Bertz CT molecular complexity index is 312. The van der Waals surface area contributed by atoms with Crippen LogP contribution >= 0.6 is 0 Å². The zero-order chi connectivity index (χ0) is 13.9. The number of hydrogen-bond acceptors (Lipinski definition) is 4. The van der Waals surface area contributed by atoms with Crippen molar-refractivity contribution in [3.8, 4) is 0 Å². The zero-order valence-electron chi connectivity index (χ0n) is 12.0. The van der Waals surface area contributed by atoms with Crippen molar-refractivity contribution in [2.24, 2.45) is 17.6 Å².